The highest BCUT2D eigenvalue weighted by atomic mass is 19.1. The molecule has 0 bridgehead atoms. The number of nitrogens with one attached hydrogen (secondary N) is 1. The number of halogens is 1. The zero-order chi connectivity index (χ0) is 18.0. The van der Waals surface area contributed by atoms with Crippen LogP contribution in [0.4, 0.5) is 4.39 Å². The lowest BCUT2D eigenvalue weighted by atomic mass is 10.1. The standard InChI is InChI=1S/C20H20FN3O/c1-4-9-22-19(25)11-17-20(15-6-7-16(21)14(3)10-15)23-18-8-5-13(2)12-24(17)18/h4-8,10,12H,1,9,11H2,2-3H3,(H,22,25). The van der Waals surface area contributed by atoms with Crippen LogP contribution in [0.1, 0.15) is 16.8 Å². The molecule has 0 saturated heterocycles. The van der Waals surface area contributed by atoms with Gasteiger partial charge in [0.05, 0.1) is 17.8 Å². The average Bonchev–Trinajstić information content (AvgIpc) is 2.93. The second kappa shape index (κ2) is 6.89. The minimum atomic E-state index is -0.256. The largest absolute Gasteiger partial charge is 0.352 e. The van der Waals surface area contributed by atoms with E-state index in [1.807, 2.05) is 29.7 Å². The van der Waals surface area contributed by atoms with Gasteiger partial charge in [0.1, 0.15) is 11.5 Å². The van der Waals surface area contributed by atoms with Crippen LogP contribution >= 0.6 is 0 Å². The summed E-state index contributed by atoms with van der Waals surface area (Å²) in [7, 11) is 0. The number of benzene rings is 1. The SMILES string of the molecule is C=CCNC(=O)Cc1c(-c2ccc(F)c(C)c2)nc2ccc(C)cn12. The highest BCUT2D eigenvalue weighted by Gasteiger charge is 2.17. The van der Waals surface area contributed by atoms with E-state index in [9.17, 15) is 9.18 Å². The van der Waals surface area contributed by atoms with Crippen LogP contribution in [0.2, 0.25) is 0 Å². The quantitative estimate of drug-likeness (QED) is 0.723. The molecule has 0 spiro atoms. The number of aryl methyl sites for hydroxylation is 2. The van der Waals surface area contributed by atoms with Crippen LogP contribution in [0.15, 0.2) is 49.2 Å². The van der Waals surface area contributed by atoms with Crippen molar-refractivity contribution in [2.24, 2.45) is 0 Å². The van der Waals surface area contributed by atoms with Gasteiger partial charge in [-0.25, -0.2) is 9.37 Å². The Morgan fingerprint density at radius 1 is 1.32 bits per heavy atom. The zero-order valence-corrected chi connectivity index (χ0v) is 14.3. The minimum Gasteiger partial charge on any atom is -0.352 e. The molecule has 0 fully saturated rings. The van der Waals surface area contributed by atoms with Crippen molar-refractivity contribution >= 4 is 11.6 Å². The molecule has 0 unspecified atom stereocenters. The summed E-state index contributed by atoms with van der Waals surface area (Å²) in [5.74, 6) is -0.364. The van der Waals surface area contributed by atoms with Crippen LogP contribution in [0.25, 0.3) is 16.9 Å². The van der Waals surface area contributed by atoms with E-state index in [1.54, 1.807) is 25.1 Å². The number of nitrogens with zero attached hydrogens (tertiary/aromatic N) is 2. The predicted molar refractivity (Wildman–Crippen MR) is 97.0 cm³/mol. The Morgan fingerprint density at radius 2 is 2.12 bits per heavy atom. The van der Waals surface area contributed by atoms with Gasteiger partial charge in [-0.1, -0.05) is 12.1 Å². The Bertz CT molecular complexity index is 959. The predicted octanol–water partition coefficient (Wildman–Crippen LogP) is 3.60. The Kier molecular flexibility index (Phi) is 4.65. The van der Waals surface area contributed by atoms with Crippen molar-refractivity contribution in [3.05, 3.63) is 71.8 Å². The van der Waals surface area contributed by atoms with E-state index in [2.05, 4.69) is 16.9 Å². The first-order valence-electron chi connectivity index (χ1n) is 8.11. The van der Waals surface area contributed by atoms with E-state index >= 15 is 0 Å². The molecule has 1 amide bonds. The number of rotatable bonds is 5. The van der Waals surface area contributed by atoms with Gasteiger partial charge in [-0.15, -0.1) is 6.58 Å². The van der Waals surface area contributed by atoms with Crippen LogP contribution in [0.5, 0.6) is 0 Å². The van der Waals surface area contributed by atoms with Crippen LogP contribution in [-0.2, 0) is 11.2 Å². The number of pyridine rings is 1. The highest BCUT2D eigenvalue weighted by molar-refractivity contribution is 5.81. The van der Waals surface area contributed by atoms with Crippen LogP contribution in [0.3, 0.4) is 0 Å². The third kappa shape index (κ3) is 3.45. The van der Waals surface area contributed by atoms with Gasteiger partial charge in [-0.2, -0.15) is 0 Å². The number of carbonyl (C=O) groups is 1. The van der Waals surface area contributed by atoms with Gasteiger partial charge in [0.15, 0.2) is 0 Å². The van der Waals surface area contributed by atoms with Crippen LogP contribution in [-0.4, -0.2) is 21.8 Å². The molecule has 4 nitrogen and oxygen atoms in total. The second-order valence-electron chi connectivity index (χ2n) is 6.08. The molecule has 0 atom stereocenters. The van der Waals surface area contributed by atoms with Crippen molar-refractivity contribution in [3.8, 4) is 11.3 Å². The minimum absolute atomic E-state index is 0.108. The van der Waals surface area contributed by atoms with Crippen molar-refractivity contribution in [1.29, 1.82) is 0 Å². The van der Waals surface area contributed by atoms with Gasteiger partial charge in [0, 0.05) is 18.3 Å². The molecule has 0 aliphatic rings. The van der Waals surface area contributed by atoms with Gasteiger partial charge in [-0.3, -0.25) is 4.79 Å². The number of fused-ring (bicyclic) bond motifs is 1. The molecular formula is C20H20FN3O. The Hall–Kier alpha value is -2.95. The highest BCUT2D eigenvalue weighted by Crippen LogP contribution is 2.27. The van der Waals surface area contributed by atoms with Crippen molar-refractivity contribution in [1.82, 2.24) is 14.7 Å². The van der Waals surface area contributed by atoms with E-state index in [1.165, 1.54) is 6.07 Å². The van der Waals surface area contributed by atoms with E-state index in [-0.39, 0.29) is 18.1 Å². The Balaban J connectivity index is 2.13. The fourth-order valence-electron chi connectivity index (χ4n) is 2.79. The van der Waals surface area contributed by atoms with E-state index in [4.69, 9.17) is 0 Å². The number of carbonyl (C=O) groups excluding carboxylic acids is 1. The normalized spacial score (nSPS) is 10.8. The van der Waals surface area contributed by atoms with Gasteiger partial charge < -0.3 is 9.72 Å². The monoisotopic (exact) mass is 337 g/mol. The number of hydrogen-bond acceptors (Lipinski definition) is 2. The van der Waals surface area contributed by atoms with E-state index in [0.29, 0.717) is 17.8 Å². The summed E-state index contributed by atoms with van der Waals surface area (Å²) in [5.41, 5.74) is 4.65. The lowest BCUT2D eigenvalue weighted by molar-refractivity contribution is -0.120. The van der Waals surface area contributed by atoms with Gasteiger partial charge >= 0.3 is 0 Å². The van der Waals surface area contributed by atoms with Crippen molar-refractivity contribution < 1.29 is 9.18 Å². The number of imidazole rings is 1. The zero-order valence-electron chi connectivity index (χ0n) is 14.3. The van der Waals surface area contributed by atoms with Crippen molar-refractivity contribution in [3.63, 3.8) is 0 Å². The first-order valence-corrected chi connectivity index (χ1v) is 8.11. The number of amides is 1. The lowest BCUT2D eigenvalue weighted by Crippen LogP contribution is -2.25. The molecule has 1 aromatic carbocycles. The van der Waals surface area contributed by atoms with E-state index < -0.39 is 0 Å². The van der Waals surface area contributed by atoms with Crippen molar-refractivity contribution in [2.75, 3.05) is 6.54 Å². The first kappa shape index (κ1) is 16.9. The molecule has 0 aliphatic carbocycles. The fraction of sp³-hybridized carbons (Fsp3) is 0.200. The third-order valence-corrected chi connectivity index (χ3v) is 4.07. The summed E-state index contributed by atoms with van der Waals surface area (Å²) in [5, 5.41) is 2.79. The molecule has 25 heavy (non-hydrogen) atoms. The molecule has 3 rings (SSSR count). The van der Waals surface area contributed by atoms with E-state index in [0.717, 1.165) is 22.5 Å². The summed E-state index contributed by atoms with van der Waals surface area (Å²) in [4.78, 5) is 16.9. The molecule has 0 aliphatic heterocycles. The topological polar surface area (TPSA) is 46.4 Å². The summed E-state index contributed by atoms with van der Waals surface area (Å²) in [6, 6.07) is 8.78. The molecular weight excluding hydrogens is 317 g/mol. The molecule has 1 N–H and O–H groups in total. The summed E-state index contributed by atoms with van der Waals surface area (Å²) < 4.78 is 15.6. The van der Waals surface area contributed by atoms with Gasteiger partial charge in [-0.05, 0) is 49.2 Å². The molecule has 2 heterocycles. The maximum Gasteiger partial charge on any atom is 0.226 e. The van der Waals surface area contributed by atoms with Crippen LogP contribution < -0.4 is 5.32 Å². The molecule has 0 radical (unpaired) electrons. The number of hydrogen-bond donors (Lipinski definition) is 1. The summed E-state index contributed by atoms with van der Waals surface area (Å²) in [6.07, 6.45) is 3.78. The molecule has 2 aromatic heterocycles. The second-order valence-corrected chi connectivity index (χ2v) is 6.08. The molecule has 3 aromatic rings. The smallest absolute Gasteiger partial charge is 0.226 e. The Morgan fingerprint density at radius 3 is 2.84 bits per heavy atom. The Labute approximate surface area is 146 Å². The maximum atomic E-state index is 13.6. The first-order chi connectivity index (χ1) is 12.0. The third-order valence-electron chi connectivity index (χ3n) is 4.07. The summed E-state index contributed by atoms with van der Waals surface area (Å²) >= 11 is 0. The molecule has 128 valence electrons. The maximum absolute atomic E-state index is 13.6. The lowest BCUT2D eigenvalue weighted by Gasteiger charge is -2.07. The molecule has 5 heteroatoms. The van der Waals surface area contributed by atoms with Crippen LogP contribution in [0, 0.1) is 19.7 Å². The van der Waals surface area contributed by atoms with Crippen molar-refractivity contribution in [2.45, 2.75) is 20.3 Å². The average molecular weight is 337 g/mol. The van der Waals surface area contributed by atoms with Gasteiger partial charge in [0.2, 0.25) is 5.91 Å². The summed E-state index contributed by atoms with van der Waals surface area (Å²) in [6.45, 7) is 7.73. The fourth-order valence-corrected chi connectivity index (χ4v) is 2.79. The molecule has 0 saturated carbocycles. The van der Waals surface area contributed by atoms with Gasteiger partial charge in [0.25, 0.3) is 0 Å². The number of aromatic nitrogens is 2.